The Morgan fingerprint density at radius 1 is 1.45 bits per heavy atom. The van der Waals surface area contributed by atoms with Gasteiger partial charge in [0, 0.05) is 12.6 Å². The Morgan fingerprint density at radius 2 is 2.23 bits per heavy atom. The fourth-order valence-corrected chi connectivity index (χ4v) is 2.43. The van der Waals surface area contributed by atoms with Gasteiger partial charge in [-0.2, -0.15) is 0 Å². The van der Waals surface area contributed by atoms with Gasteiger partial charge in [-0.15, -0.1) is 0 Å². The zero-order valence-electron chi connectivity index (χ0n) is 12.1. The molecule has 1 atom stereocenters. The third-order valence-electron chi connectivity index (χ3n) is 3.59. The number of halogens is 2. The van der Waals surface area contributed by atoms with Gasteiger partial charge in [-0.1, -0.05) is 0 Å². The van der Waals surface area contributed by atoms with Crippen LogP contribution in [0.1, 0.15) is 16.1 Å². The first-order valence-electron chi connectivity index (χ1n) is 6.74. The number of aromatic nitrogens is 2. The normalized spacial score (nSPS) is 20.3. The number of methoxy groups -OCH3 is 1. The van der Waals surface area contributed by atoms with Gasteiger partial charge in [0.25, 0.3) is 5.92 Å². The van der Waals surface area contributed by atoms with Crippen molar-refractivity contribution in [2.75, 3.05) is 20.2 Å². The number of nitrogens with one attached hydrogen (secondary N) is 2. The number of pyridine rings is 1. The van der Waals surface area contributed by atoms with Crippen LogP contribution in [-0.2, 0) is 4.74 Å². The summed E-state index contributed by atoms with van der Waals surface area (Å²) in [6.07, 6.45) is -1.25. The number of hydrogen-bond acceptors (Lipinski definition) is 5. The van der Waals surface area contributed by atoms with Gasteiger partial charge in [0.15, 0.2) is 6.10 Å². The Hall–Kier alpha value is -2.22. The lowest BCUT2D eigenvalue weighted by Crippen LogP contribution is -2.36. The molecule has 22 heavy (non-hydrogen) atoms. The van der Waals surface area contributed by atoms with Gasteiger partial charge in [-0.3, -0.25) is 0 Å². The molecule has 0 radical (unpaired) electrons. The molecule has 1 saturated heterocycles. The highest BCUT2D eigenvalue weighted by Crippen LogP contribution is 2.28. The number of fused-ring (bicyclic) bond motifs is 1. The summed E-state index contributed by atoms with van der Waals surface area (Å²) in [6.45, 7) is 1.43. The van der Waals surface area contributed by atoms with Crippen LogP contribution in [0.5, 0.6) is 5.88 Å². The molecule has 0 aliphatic carbocycles. The Labute approximate surface area is 124 Å². The predicted octanol–water partition coefficient (Wildman–Crippen LogP) is 1.64. The average molecular weight is 311 g/mol. The molecule has 1 fully saturated rings. The molecular weight excluding hydrogens is 296 g/mol. The van der Waals surface area contributed by atoms with Gasteiger partial charge < -0.3 is 19.8 Å². The van der Waals surface area contributed by atoms with Crippen molar-refractivity contribution in [3.05, 3.63) is 23.4 Å². The smallest absolute Gasteiger partial charge is 0.354 e. The minimum absolute atomic E-state index is 0.0618. The summed E-state index contributed by atoms with van der Waals surface area (Å²) < 4.78 is 37.1. The van der Waals surface area contributed by atoms with Crippen molar-refractivity contribution in [3.63, 3.8) is 0 Å². The van der Waals surface area contributed by atoms with Gasteiger partial charge in [0.05, 0.1) is 24.7 Å². The number of hydrogen-bond donors (Lipinski definition) is 2. The molecule has 2 N–H and O–H groups in total. The predicted molar refractivity (Wildman–Crippen MR) is 74.4 cm³/mol. The van der Waals surface area contributed by atoms with Crippen LogP contribution in [-0.4, -0.2) is 48.2 Å². The van der Waals surface area contributed by atoms with Crippen LogP contribution in [0.15, 0.2) is 12.1 Å². The molecule has 2 aromatic rings. The Bertz CT molecular complexity index is 729. The molecule has 0 saturated carbocycles. The van der Waals surface area contributed by atoms with Crippen LogP contribution in [0, 0.1) is 6.92 Å². The maximum absolute atomic E-state index is 13.6. The molecule has 0 spiro atoms. The van der Waals surface area contributed by atoms with Crippen LogP contribution in [0.2, 0.25) is 0 Å². The lowest BCUT2D eigenvalue weighted by Gasteiger charge is -2.19. The second-order valence-electron chi connectivity index (χ2n) is 5.21. The fraction of sp³-hybridized carbons (Fsp3) is 0.429. The number of aromatic amines is 1. The van der Waals surface area contributed by atoms with Gasteiger partial charge in [0.2, 0.25) is 5.88 Å². The lowest BCUT2D eigenvalue weighted by atomic mass is 10.2. The topological polar surface area (TPSA) is 76.2 Å². The van der Waals surface area contributed by atoms with E-state index in [1.54, 1.807) is 13.0 Å². The number of ether oxygens (including phenoxy) is 2. The number of esters is 1. The lowest BCUT2D eigenvalue weighted by molar-refractivity contribution is -0.0611. The maximum atomic E-state index is 13.6. The second-order valence-corrected chi connectivity index (χ2v) is 5.21. The molecule has 0 bridgehead atoms. The first-order chi connectivity index (χ1) is 10.4. The summed E-state index contributed by atoms with van der Waals surface area (Å²) in [5.74, 6) is -3.35. The number of nitrogens with zero attached hydrogens (tertiary/aromatic N) is 1. The molecule has 6 nitrogen and oxygen atoms in total. The van der Waals surface area contributed by atoms with E-state index in [0.29, 0.717) is 11.0 Å². The van der Waals surface area contributed by atoms with E-state index in [1.807, 2.05) is 0 Å². The van der Waals surface area contributed by atoms with Crippen LogP contribution >= 0.6 is 0 Å². The van der Waals surface area contributed by atoms with Crippen molar-refractivity contribution < 1.29 is 23.0 Å². The zero-order valence-corrected chi connectivity index (χ0v) is 12.1. The van der Waals surface area contributed by atoms with E-state index in [0.717, 1.165) is 5.56 Å². The van der Waals surface area contributed by atoms with Crippen LogP contribution in [0.3, 0.4) is 0 Å². The van der Waals surface area contributed by atoms with Crippen molar-refractivity contribution in [1.29, 1.82) is 0 Å². The third kappa shape index (κ3) is 2.50. The summed E-state index contributed by atoms with van der Waals surface area (Å²) in [6, 6.07) is 3.07. The van der Waals surface area contributed by atoms with Crippen molar-refractivity contribution in [2.24, 2.45) is 0 Å². The monoisotopic (exact) mass is 311 g/mol. The number of H-pyrrole nitrogens is 1. The van der Waals surface area contributed by atoms with Crippen LogP contribution in [0.25, 0.3) is 11.0 Å². The molecule has 1 aliphatic rings. The van der Waals surface area contributed by atoms with Crippen LogP contribution in [0.4, 0.5) is 8.78 Å². The summed E-state index contributed by atoms with van der Waals surface area (Å²) in [4.78, 5) is 18.6. The van der Waals surface area contributed by atoms with Crippen molar-refractivity contribution in [3.8, 4) is 5.88 Å². The summed E-state index contributed by atoms with van der Waals surface area (Å²) >= 11 is 0. The molecule has 8 heteroatoms. The average Bonchev–Trinajstić information content (AvgIpc) is 3.02. The SMILES string of the molecule is COC(=O)c1cc2nc(O[C@H]3CNCC3(F)F)cc(C)c2[nH]1. The van der Waals surface area contributed by atoms with Gasteiger partial charge in [-0.05, 0) is 18.6 Å². The van der Waals surface area contributed by atoms with E-state index in [4.69, 9.17) is 4.74 Å². The van der Waals surface area contributed by atoms with E-state index in [9.17, 15) is 13.6 Å². The maximum Gasteiger partial charge on any atom is 0.354 e. The number of rotatable bonds is 3. The first-order valence-corrected chi connectivity index (χ1v) is 6.74. The van der Waals surface area contributed by atoms with E-state index < -0.39 is 24.5 Å². The van der Waals surface area contributed by atoms with Crippen molar-refractivity contribution >= 4 is 17.0 Å². The summed E-state index contributed by atoms with van der Waals surface area (Å²) in [7, 11) is 1.28. The summed E-state index contributed by atoms with van der Waals surface area (Å²) in [5, 5.41) is 2.59. The third-order valence-corrected chi connectivity index (χ3v) is 3.59. The number of carbonyl (C=O) groups is 1. The largest absolute Gasteiger partial charge is 0.466 e. The van der Waals surface area contributed by atoms with E-state index in [1.165, 1.54) is 13.2 Å². The molecule has 2 aromatic heterocycles. The molecule has 118 valence electrons. The molecular formula is C14H15F2N3O3. The number of carbonyl (C=O) groups excluding carboxylic acids is 1. The van der Waals surface area contributed by atoms with E-state index in [-0.39, 0.29) is 18.1 Å². The number of aryl methyl sites for hydroxylation is 1. The zero-order chi connectivity index (χ0) is 15.9. The molecule has 0 aromatic carbocycles. The van der Waals surface area contributed by atoms with Gasteiger partial charge >= 0.3 is 5.97 Å². The van der Waals surface area contributed by atoms with Crippen molar-refractivity contribution in [2.45, 2.75) is 19.0 Å². The highest BCUT2D eigenvalue weighted by Gasteiger charge is 2.46. The highest BCUT2D eigenvalue weighted by molar-refractivity contribution is 5.94. The summed E-state index contributed by atoms with van der Waals surface area (Å²) in [5.41, 5.74) is 2.09. The number of alkyl halides is 2. The second kappa shape index (κ2) is 5.20. The molecule has 3 rings (SSSR count). The molecule has 0 amide bonds. The quantitative estimate of drug-likeness (QED) is 0.843. The minimum Gasteiger partial charge on any atom is -0.466 e. The Morgan fingerprint density at radius 3 is 2.86 bits per heavy atom. The first kappa shape index (κ1) is 14.7. The molecule has 3 heterocycles. The minimum atomic E-state index is -2.93. The Balaban J connectivity index is 1.93. The highest BCUT2D eigenvalue weighted by atomic mass is 19.3. The van der Waals surface area contributed by atoms with E-state index in [2.05, 4.69) is 20.0 Å². The standard InChI is InChI=1S/C14H15F2N3O3/c1-7-3-11(22-10-5-17-6-14(10,15)16)18-8-4-9(13(20)21-2)19-12(7)8/h3-4,10,17,19H,5-6H2,1-2H3/t10-/m0/s1. The van der Waals surface area contributed by atoms with E-state index >= 15 is 0 Å². The van der Waals surface area contributed by atoms with Gasteiger partial charge in [-0.25, -0.2) is 18.6 Å². The molecule has 0 unspecified atom stereocenters. The van der Waals surface area contributed by atoms with Crippen molar-refractivity contribution in [1.82, 2.24) is 15.3 Å². The Kier molecular flexibility index (Phi) is 3.48. The molecule has 1 aliphatic heterocycles. The van der Waals surface area contributed by atoms with Crippen LogP contribution < -0.4 is 10.1 Å². The van der Waals surface area contributed by atoms with Gasteiger partial charge in [0.1, 0.15) is 5.69 Å². The fourth-order valence-electron chi connectivity index (χ4n) is 2.43.